The molecule has 0 aromatic heterocycles. The third-order valence-corrected chi connectivity index (χ3v) is 3.82. The maximum Gasteiger partial charge on any atom is 0.305 e. The number of guanidine groups is 1. The molecule has 2 N–H and O–H groups in total. The van der Waals surface area contributed by atoms with Crippen LogP contribution in [0.5, 0.6) is 0 Å². The lowest BCUT2D eigenvalue weighted by atomic mass is 10.1. The Morgan fingerprint density at radius 2 is 1.64 bits per heavy atom. The Labute approximate surface area is 156 Å². The van der Waals surface area contributed by atoms with Crippen LogP contribution in [0.3, 0.4) is 0 Å². The zero-order valence-corrected chi connectivity index (χ0v) is 17.3. The Morgan fingerprint density at radius 1 is 1.05 bits per heavy atom. The molecule has 5 nitrogen and oxygen atoms in total. The molecular formula is C15H32IN3O2S. The van der Waals surface area contributed by atoms with Gasteiger partial charge in [0.2, 0.25) is 0 Å². The van der Waals surface area contributed by atoms with Crippen molar-refractivity contribution in [2.75, 3.05) is 39.3 Å². The van der Waals surface area contributed by atoms with E-state index in [0.29, 0.717) is 6.42 Å². The molecule has 0 aromatic rings. The summed E-state index contributed by atoms with van der Waals surface area (Å²) in [6.45, 7) is 1.89. The summed E-state index contributed by atoms with van der Waals surface area (Å²) < 4.78 is 4.61. The average molecular weight is 445 g/mol. The van der Waals surface area contributed by atoms with Crippen molar-refractivity contribution in [1.29, 1.82) is 0 Å². The molecule has 0 heterocycles. The lowest BCUT2D eigenvalue weighted by Crippen LogP contribution is -2.38. The molecule has 0 aliphatic heterocycles. The van der Waals surface area contributed by atoms with E-state index in [2.05, 4.69) is 26.6 Å². The number of ether oxygens (including phenoxy) is 1. The highest BCUT2D eigenvalue weighted by atomic mass is 127. The molecule has 22 heavy (non-hydrogen) atoms. The van der Waals surface area contributed by atoms with Crippen LogP contribution in [0.2, 0.25) is 0 Å². The molecule has 0 saturated heterocycles. The smallest absolute Gasteiger partial charge is 0.305 e. The van der Waals surface area contributed by atoms with Crippen LogP contribution in [0.1, 0.15) is 44.9 Å². The number of halogens is 1. The van der Waals surface area contributed by atoms with Gasteiger partial charge in [-0.05, 0) is 37.7 Å². The minimum absolute atomic E-state index is 0. The van der Waals surface area contributed by atoms with Gasteiger partial charge in [0.15, 0.2) is 5.96 Å². The number of aliphatic imine (C=N–C) groups is 1. The van der Waals surface area contributed by atoms with Crippen molar-refractivity contribution in [3.8, 4) is 0 Å². The molecule has 0 fully saturated rings. The number of hydrogen-bond donors (Lipinski definition) is 2. The highest BCUT2D eigenvalue weighted by Crippen LogP contribution is 2.03. The van der Waals surface area contributed by atoms with Crippen LogP contribution in [0.4, 0.5) is 0 Å². The van der Waals surface area contributed by atoms with E-state index in [1.54, 1.807) is 7.05 Å². The van der Waals surface area contributed by atoms with Gasteiger partial charge in [-0.1, -0.05) is 12.8 Å². The standard InChI is InChI=1S/C15H31N3O2S.HI/c1-16-15(18-12-8-9-13-21-3)17-11-7-5-4-6-10-14(19)20-2;/h4-13H2,1-3H3,(H2,16,17,18);1H. The Hall–Kier alpha value is -0.180. The topological polar surface area (TPSA) is 62.7 Å². The van der Waals surface area contributed by atoms with Crippen molar-refractivity contribution < 1.29 is 9.53 Å². The first-order chi connectivity index (χ1) is 10.2. The Balaban J connectivity index is 0. The van der Waals surface area contributed by atoms with Gasteiger partial charge >= 0.3 is 5.97 Å². The zero-order valence-electron chi connectivity index (χ0n) is 14.2. The highest BCUT2D eigenvalue weighted by Gasteiger charge is 2.00. The Kier molecular flexibility index (Phi) is 20.6. The lowest BCUT2D eigenvalue weighted by molar-refractivity contribution is -0.140. The van der Waals surface area contributed by atoms with Crippen LogP contribution in [0.15, 0.2) is 4.99 Å². The van der Waals surface area contributed by atoms with E-state index in [4.69, 9.17) is 0 Å². The second-order valence-electron chi connectivity index (χ2n) is 4.87. The van der Waals surface area contributed by atoms with Crippen molar-refractivity contribution in [1.82, 2.24) is 10.6 Å². The molecule has 0 rings (SSSR count). The lowest BCUT2D eigenvalue weighted by Gasteiger charge is -2.11. The van der Waals surface area contributed by atoms with Crippen LogP contribution in [0.25, 0.3) is 0 Å². The second-order valence-corrected chi connectivity index (χ2v) is 5.85. The number of unbranched alkanes of at least 4 members (excludes halogenated alkanes) is 4. The van der Waals surface area contributed by atoms with Crippen molar-refractivity contribution in [2.45, 2.75) is 44.9 Å². The average Bonchev–Trinajstić information content (AvgIpc) is 2.51. The van der Waals surface area contributed by atoms with Gasteiger partial charge in [-0.25, -0.2) is 0 Å². The van der Waals surface area contributed by atoms with Crippen molar-refractivity contribution in [3.05, 3.63) is 0 Å². The first kappa shape index (κ1) is 24.1. The SMILES string of the molecule is CN=C(NCCCCCCC(=O)OC)NCCCCSC.I. The molecule has 0 radical (unpaired) electrons. The fourth-order valence-electron chi connectivity index (χ4n) is 1.86. The number of nitrogens with one attached hydrogen (secondary N) is 2. The van der Waals surface area contributed by atoms with Gasteiger partial charge in [-0.3, -0.25) is 9.79 Å². The Morgan fingerprint density at radius 3 is 2.18 bits per heavy atom. The predicted molar refractivity (Wildman–Crippen MR) is 107 cm³/mol. The number of esters is 1. The Bertz CT molecular complexity index is 292. The van der Waals surface area contributed by atoms with Crippen molar-refractivity contribution in [3.63, 3.8) is 0 Å². The third kappa shape index (κ3) is 16.2. The molecule has 0 saturated carbocycles. The van der Waals surface area contributed by atoms with E-state index < -0.39 is 0 Å². The zero-order chi connectivity index (χ0) is 15.8. The minimum Gasteiger partial charge on any atom is -0.469 e. The van der Waals surface area contributed by atoms with E-state index in [-0.39, 0.29) is 29.9 Å². The summed E-state index contributed by atoms with van der Waals surface area (Å²) in [6.07, 6.45) is 9.28. The van der Waals surface area contributed by atoms with Crippen molar-refractivity contribution >= 4 is 47.7 Å². The molecule has 0 atom stereocenters. The van der Waals surface area contributed by atoms with Gasteiger partial charge in [-0.15, -0.1) is 24.0 Å². The van der Waals surface area contributed by atoms with Gasteiger partial charge in [0, 0.05) is 26.6 Å². The fraction of sp³-hybridized carbons (Fsp3) is 0.867. The van der Waals surface area contributed by atoms with E-state index in [1.807, 2.05) is 11.8 Å². The summed E-state index contributed by atoms with van der Waals surface area (Å²) in [5.41, 5.74) is 0. The fourth-order valence-corrected chi connectivity index (χ4v) is 2.35. The predicted octanol–water partition coefficient (Wildman–Crippen LogP) is 3.04. The van der Waals surface area contributed by atoms with Crippen LogP contribution in [-0.4, -0.2) is 51.2 Å². The molecule has 0 amide bonds. The van der Waals surface area contributed by atoms with E-state index in [0.717, 1.165) is 44.7 Å². The van der Waals surface area contributed by atoms with Gasteiger partial charge in [0.1, 0.15) is 0 Å². The van der Waals surface area contributed by atoms with Crippen LogP contribution < -0.4 is 10.6 Å². The first-order valence-electron chi connectivity index (χ1n) is 7.74. The van der Waals surface area contributed by atoms with E-state index in [1.165, 1.54) is 25.7 Å². The monoisotopic (exact) mass is 445 g/mol. The molecular weight excluding hydrogens is 413 g/mol. The normalized spacial score (nSPS) is 10.8. The molecule has 0 aromatic carbocycles. The summed E-state index contributed by atoms with van der Waals surface area (Å²) in [4.78, 5) is 15.1. The van der Waals surface area contributed by atoms with Gasteiger partial charge in [0.05, 0.1) is 7.11 Å². The number of carbonyl (C=O) groups is 1. The number of hydrogen-bond acceptors (Lipinski definition) is 4. The number of methoxy groups -OCH3 is 1. The summed E-state index contributed by atoms with van der Waals surface area (Å²) in [5, 5.41) is 6.63. The third-order valence-electron chi connectivity index (χ3n) is 3.12. The maximum atomic E-state index is 10.9. The molecule has 0 spiro atoms. The van der Waals surface area contributed by atoms with Crippen LogP contribution in [0, 0.1) is 0 Å². The van der Waals surface area contributed by atoms with Crippen LogP contribution in [-0.2, 0) is 9.53 Å². The molecule has 132 valence electrons. The highest BCUT2D eigenvalue weighted by molar-refractivity contribution is 14.0. The van der Waals surface area contributed by atoms with Gasteiger partial charge in [0.25, 0.3) is 0 Å². The molecule has 0 aliphatic rings. The van der Waals surface area contributed by atoms with Crippen molar-refractivity contribution in [2.24, 2.45) is 4.99 Å². The largest absolute Gasteiger partial charge is 0.469 e. The molecule has 0 bridgehead atoms. The summed E-state index contributed by atoms with van der Waals surface area (Å²) >= 11 is 1.89. The summed E-state index contributed by atoms with van der Waals surface area (Å²) in [7, 11) is 3.24. The molecule has 0 aliphatic carbocycles. The van der Waals surface area contributed by atoms with E-state index >= 15 is 0 Å². The van der Waals surface area contributed by atoms with Gasteiger partial charge < -0.3 is 15.4 Å². The van der Waals surface area contributed by atoms with Gasteiger partial charge in [-0.2, -0.15) is 11.8 Å². The number of thioether (sulfide) groups is 1. The number of nitrogens with zero attached hydrogens (tertiary/aromatic N) is 1. The summed E-state index contributed by atoms with van der Waals surface area (Å²) in [6, 6.07) is 0. The number of rotatable bonds is 12. The molecule has 0 unspecified atom stereocenters. The summed E-state index contributed by atoms with van der Waals surface area (Å²) in [5.74, 6) is 1.99. The second kappa shape index (κ2) is 18.9. The number of carbonyl (C=O) groups excluding carboxylic acids is 1. The molecule has 7 heteroatoms. The minimum atomic E-state index is -0.112. The maximum absolute atomic E-state index is 10.9. The van der Waals surface area contributed by atoms with E-state index in [9.17, 15) is 4.79 Å². The quantitative estimate of drug-likeness (QED) is 0.159. The first-order valence-corrected chi connectivity index (χ1v) is 9.14. The van der Waals surface area contributed by atoms with Crippen LogP contribution >= 0.6 is 35.7 Å².